The fraction of sp³-hybridized carbons (Fsp3) is 0.600. The van der Waals surface area contributed by atoms with Crippen molar-refractivity contribution in [3.05, 3.63) is 35.9 Å². The topological polar surface area (TPSA) is 12.0 Å². The van der Waals surface area contributed by atoms with Crippen LogP contribution in [0, 0.1) is 0 Å². The molecule has 1 heteroatoms. The van der Waals surface area contributed by atoms with Gasteiger partial charge < -0.3 is 5.32 Å². The molecule has 16 heavy (non-hydrogen) atoms. The maximum Gasteiger partial charge on any atom is 0.00456 e. The van der Waals surface area contributed by atoms with Crippen molar-refractivity contribution in [2.45, 2.75) is 52.0 Å². The zero-order chi connectivity index (χ0) is 12.0. The first kappa shape index (κ1) is 13.2. The average molecular weight is 219 g/mol. The Morgan fingerprint density at radius 1 is 1.19 bits per heavy atom. The zero-order valence-electron chi connectivity index (χ0n) is 11.1. The van der Waals surface area contributed by atoms with Crippen molar-refractivity contribution in [3.63, 3.8) is 0 Å². The Balaban J connectivity index is 2.52. The van der Waals surface area contributed by atoms with E-state index in [0.29, 0.717) is 6.04 Å². The monoisotopic (exact) mass is 219 g/mol. The molecular formula is C15H25N. The summed E-state index contributed by atoms with van der Waals surface area (Å²) in [5.74, 6) is 0. The summed E-state index contributed by atoms with van der Waals surface area (Å²) in [5.41, 5.74) is 1.62. The van der Waals surface area contributed by atoms with E-state index in [1.54, 1.807) is 0 Å². The Morgan fingerprint density at radius 2 is 1.81 bits per heavy atom. The van der Waals surface area contributed by atoms with Gasteiger partial charge in [0.05, 0.1) is 0 Å². The first-order valence-electron chi connectivity index (χ1n) is 6.35. The minimum Gasteiger partial charge on any atom is -0.313 e. The van der Waals surface area contributed by atoms with Gasteiger partial charge in [0, 0.05) is 18.0 Å². The van der Waals surface area contributed by atoms with Crippen LogP contribution >= 0.6 is 0 Å². The summed E-state index contributed by atoms with van der Waals surface area (Å²) in [7, 11) is 0. The molecule has 0 fully saturated rings. The Labute approximate surface area is 100 Å². The normalized spacial score (nSPS) is 13.8. The summed E-state index contributed by atoms with van der Waals surface area (Å²) in [4.78, 5) is 0. The maximum atomic E-state index is 3.62. The van der Waals surface area contributed by atoms with Crippen molar-refractivity contribution >= 4 is 0 Å². The summed E-state index contributed by atoms with van der Waals surface area (Å²) in [6.45, 7) is 10.1. The van der Waals surface area contributed by atoms with Crippen LogP contribution in [-0.2, 0) is 5.41 Å². The Kier molecular flexibility index (Phi) is 5.01. The van der Waals surface area contributed by atoms with Crippen molar-refractivity contribution < 1.29 is 0 Å². The number of nitrogens with one attached hydrogen (secondary N) is 1. The second-order valence-corrected chi connectivity index (χ2v) is 5.32. The summed E-state index contributed by atoms with van der Waals surface area (Å²) in [5, 5.41) is 3.62. The molecule has 1 atom stereocenters. The van der Waals surface area contributed by atoms with E-state index in [0.717, 1.165) is 6.54 Å². The van der Waals surface area contributed by atoms with E-state index in [4.69, 9.17) is 0 Å². The molecule has 0 aromatic heterocycles. The van der Waals surface area contributed by atoms with Crippen molar-refractivity contribution in [3.8, 4) is 0 Å². The predicted octanol–water partition coefficient (Wildman–Crippen LogP) is 3.74. The third kappa shape index (κ3) is 3.97. The van der Waals surface area contributed by atoms with Crippen molar-refractivity contribution in [2.75, 3.05) is 6.54 Å². The Hall–Kier alpha value is -0.820. The van der Waals surface area contributed by atoms with Gasteiger partial charge in [0.25, 0.3) is 0 Å². The molecule has 90 valence electrons. The Bertz CT molecular complexity index is 290. The van der Waals surface area contributed by atoms with Gasteiger partial charge in [-0.15, -0.1) is 0 Å². The summed E-state index contributed by atoms with van der Waals surface area (Å²) < 4.78 is 0. The molecule has 1 unspecified atom stereocenters. The molecule has 1 aromatic carbocycles. The van der Waals surface area contributed by atoms with E-state index < -0.39 is 0 Å². The summed E-state index contributed by atoms with van der Waals surface area (Å²) in [6, 6.07) is 11.4. The van der Waals surface area contributed by atoms with E-state index in [9.17, 15) is 0 Å². The molecule has 1 rings (SSSR count). The standard InChI is InChI=1S/C15H25N/c1-5-9-13(2)16-12-15(3,4)14-10-7-6-8-11-14/h6-8,10-11,13,16H,5,9,12H2,1-4H3. The lowest BCUT2D eigenvalue weighted by molar-refractivity contribution is 0.415. The molecule has 0 aliphatic rings. The van der Waals surface area contributed by atoms with Gasteiger partial charge in [-0.3, -0.25) is 0 Å². The fourth-order valence-electron chi connectivity index (χ4n) is 1.96. The lowest BCUT2D eigenvalue weighted by atomic mass is 9.84. The van der Waals surface area contributed by atoms with Crippen LogP contribution in [0.3, 0.4) is 0 Å². The van der Waals surface area contributed by atoms with Crippen LogP contribution in [-0.4, -0.2) is 12.6 Å². The number of rotatable bonds is 6. The number of benzene rings is 1. The van der Waals surface area contributed by atoms with E-state index in [-0.39, 0.29) is 5.41 Å². The van der Waals surface area contributed by atoms with Gasteiger partial charge in [-0.25, -0.2) is 0 Å². The van der Waals surface area contributed by atoms with E-state index >= 15 is 0 Å². The van der Waals surface area contributed by atoms with Crippen LogP contribution < -0.4 is 5.32 Å². The van der Waals surface area contributed by atoms with Crippen LogP contribution in [0.4, 0.5) is 0 Å². The van der Waals surface area contributed by atoms with Gasteiger partial charge in [-0.05, 0) is 18.9 Å². The fourth-order valence-corrected chi connectivity index (χ4v) is 1.96. The van der Waals surface area contributed by atoms with E-state index in [1.165, 1.54) is 18.4 Å². The number of hydrogen-bond acceptors (Lipinski definition) is 1. The second-order valence-electron chi connectivity index (χ2n) is 5.32. The van der Waals surface area contributed by atoms with Crippen LogP contribution in [0.25, 0.3) is 0 Å². The molecular weight excluding hydrogens is 194 g/mol. The molecule has 0 aliphatic heterocycles. The summed E-state index contributed by atoms with van der Waals surface area (Å²) in [6.07, 6.45) is 2.50. The molecule has 0 spiro atoms. The molecule has 0 bridgehead atoms. The largest absolute Gasteiger partial charge is 0.313 e. The van der Waals surface area contributed by atoms with Crippen molar-refractivity contribution in [1.29, 1.82) is 0 Å². The maximum absolute atomic E-state index is 3.62. The van der Waals surface area contributed by atoms with Gasteiger partial charge in [0.1, 0.15) is 0 Å². The molecule has 0 saturated heterocycles. The third-order valence-electron chi connectivity index (χ3n) is 3.17. The number of hydrogen-bond donors (Lipinski definition) is 1. The van der Waals surface area contributed by atoms with Crippen LogP contribution in [0.1, 0.15) is 46.1 Å². The molecule has 0 aliphatic carbocycles. The van der Waals surface area contributed by atoms with Gasteiger partial charge >= 0.3 is 0 Å². The second kappa shape index (κ2) is 6.05. The first-order valence-corrected chi connectivity index (χ1v) is 6.35. The smallest absolute Gasteiger partial charge is 0.00456 e. The van der Waals surface area contributed by atoms with E-state index in [2.05, 4.69) is 63.3 Å². The first-order chi connectivity index (χ1) is 7.56. The molecule has 0 amide bonds. The summed E-state index contributed by atoms with van der Waals surface area (Å²) >= 11 is 0. The van der Waals surface area contributed by atoms with Gasteiger partial charge in [0.2, 0.25) is 0 Å². The highest BCUT2D eigenvalue weighted by Crippen LogP contribution is 2.21. The minimum absolute atomic E-state index is 0.212. The SMILES string of the molecule is CCCC(C)NCC(C)(C)c1ccccc1. The quantitative estimate of drug-likeness (QED) is 0.768. The van der Waals surface area contributed by atoms with Crippen LogP contribution in [0.15, 0.2) is 30.3 Å². The highest BCUT2D eigenvalue weighted by atomic mass is 14.9. The third-order valence-corrected chi connectivity index (χ3v) is 3.17. The van der Waals surface area contributed by atoms with Crippen molar-refractivity contribution in [1.82, 2.24) is 5.32 Å². The van der Waals surface area contributed by atoms with Crippen molar-refractivity contribution in [2.24, 2.45) is 0 Å². The highest BCUT2D eigenvalue weighted by molar-refractivity contribution is 5.23. The molecule has 1 nitrogen and oxygen atoms in total. The Morgan fingerprint density at radius 3 is 2.38 bits per heavy atom. The lowest BCUT2D eigenvalue weighted by Crippen LogP contribution is -2.37. The molecule has 0 saturated carbocycles. The van der Waals surface area contributed by atoms with Gasteiger partial charge in [-0.1, -0.05) is 57.5 Å². The van der Waals surface area contributed by atoms with Crippen LogP contribution in [0.2, 0.25) is 0 Å². The average Bonchev–Trinajstić information content (AvgIpc) is 2.28. The van der Waals surface area contributed by atoms with Gasteiger partial charge in [0.15, 0.2) is 0 Å². The molecule has 1 N–H and O–H groups in total. The van der Waals surface area contributed by atoms with Crippen LogP contribution in [0.5, 0.6) is 0 Å². The lowest BCUT2D eigenvalue weighted by Gasteiger charge is -2.27. The zero-order valence-corrected chi connectivity index (χ0v) is 11.1. The molecule has 0 radical (unpaired) electrons. The highest BCUT2D eigenvalue weighted by Gasteiger charge is 2.20. The predicted molar refractivity (Wildman–Crippen MR) is 71.8 cm³/mol. The minimum atomic E-state index is 0.212. The van der Waals surface area contributed by atoms with Gasteiger partial charge in [-0.2, -0.15) is 0 Å². The molecule has 0 heterocycles. The van der Waals surface area contributed by atoms with E-state index in [1.807, 2.05) is 0 Å². The molecule has 1 aromatic rings.